The Morgan fingerprint density at radius 1 is 1.03 bits per heavy atom. The van der Waals surface area contributed by atoms with Crippen LogP contribution in [-0.2, 0) is 38.7 Å². The highest BCUT2D eigenvalue weighted by Crippen LogP contribution is 2.17. The van der Waals surface area contributed by atoms with Crippen molar-refractivity contribution in [2.45, 2.75) is 26.5 Å². The van der Waals surface area contributed by atoms with Crippen molar-refractivity contribution in [3.05, 3.63) is 71.8 Å². The van der Waals surface area contributed by atoms with E-state index >= 15 is 0 Å². The summed E-state index contributed by atoms with van der Waals surface area (Å²) in [6.07, 6.45) is 0.465. The van der Waals surface area contributed by atoms with Gasteiger partial charge < -0.3 is 4.74 Å². The summed E-state index contributed by atoms with van der Waals surface area (Å²) < 4.78 is 5.19. The Labute approximate surface area is 189 Å². The summed E-state index contributed by atoms with van der Waals surface area (Å²) in [6, 6.07) is 18.8. The second kappa shape index (κ2) is 11.8. The third-order valence-electron chi connectivity index (χ3n) is 4.38. The van der Waals surface area contributed by atoms with Crippen molar-refractivity contribution >= 4 is 34.7 Å². The highest BCUT2D eigenvalue weighted by Gasteiger charge is 2.22. The lowest BCUT2D eigenvalue weighted by Gasteiger charge is -2.14. The van der Waals surface area contributed by atoms with Crippen molar-refractivity contribution in [1.82, 2.24) is 20.2 Å². The summed E-state index contributed by atoms with van der Waals surface area (Å²) >= 11 is 1.09. The molecule has 1 amide bonds. The molecule has 0 fully saturated rings. The lowest BCUT2D eigenvalue weighted by molar-refractivity contribution is -0.146. The van der Waals surface area contributed by atoms with E-state index < -0.39 is 11.9 Å². The number of nitrogens with zero attached hydrogens (tertiary/aromatic N) is 4. The molecule has 0 spiro atoms. The van der Waals surface area contributed by atoms with Gasteiger partial charge in [0.25, 0.3) is 5.95 Å². The smallest absolute Gasteiger partial charge is 0.330 e. The summed E-state index contributed by atoms with van der Waals surface area (Å²) in [4.78, 5) is 37.2. The number of rotatable bonds is 10. The molecule has 3 rings (SSSR count). The number of thioether (sulfide) groups is 1. The van der Waals surface area contributed by atoms with E-state index in [0.29, 0.717) is 12.2 Å². The van der Waals surface area contributed by atoms with Gasteiger partial charge in [-0.25, -0.2) is 4.79 Å². The van der Waals surface area contributed by atoms with Gasteiger partial charge in [-0.2, -0.15) is 4.80 Å². The molecule has 2 aromatic carbocycles. The molecule has 1 heterocycles. The van der Waals surface area contributed by atoms with Crippen LogP contribution in [0.1, 0.15) is 18.1 Å². The van der Waals surface area contributed by atoms with E-state index in [-0.39, 0.29) is 30.1 Å². The van der Waals surface area contributed by atoms with Gasteiger partial charge in [0.2, 0.25) is 5.91 Å². The van der Waals surface area contributed by atoms with E-state index in [9.17, 15) is 14.4 Å². The molecule has 166 valence electrons. The zero-order valence-electron chi connectivity index (χ0n) is 17.5. The van der Waals surface area contributed by atoms with Gasteiger partial charge in [-0.3, -0.25) is 14.9 Å². The number of benzene rings is 2. The molecule has 0 aliphatic rings. The Morgan fingerprint density at radius 3 is 2.34 bits per heavy atom. The number of ether oxygens (including phenoxy) is 1. The molecule has 0 radical (unpaired) electrons. The highest BCUT2D eigenvalue weighted by molar-refractivity contribution is 8.13. The number of tetrazole rings is 1. The molecule has 1 N–H and O–H groups in total. The molecule has 10 heteroatoms. The monoisotopic (exact) mass is 453 g/mol. The Kier molecular flexibility index (Phi) is 8.50. The number of hydrogen-bond acceptors (Lipinski definition) is 8. The largest absolute Gasteiger partial charge is 0.459 e. The summed E-state index contributed by atoms with van der Waals surface area (Å²) in [6.45, 7) is 1.38. The average molecular weight is 454 g/mol. The molecule has 9 nitrogen and oxygen atoms in total. The van der Waals surface area contributed by atoms with E-state index in [2.05, 4.69) is 20.7 Å². The molecule has 1 atom stereocenters. The van der Waals surface area contributed by atoms with Crippen LogP contribution < -0.4 is 5.32 Å². The van der Waals surface area contributed by atoms with Gasteiger partial charge in [-0.05, 0) is 22.8 Å². The molecule has 0 saturated carbocycles. The van der Waals surface area contributed by atoms with E-state index in [0.717, 1.165) is 27.7 Å². The van der Waals surface area contributed by atoms with E-state index in [4.69, 9.17) is 4.74 Å². The normalized spacial score (nSPS) is 11.5. The highest BCUT2D eigenvalue weighted by atomic mass is 32.2. The molecular formula is C22H23N5O4S. The van der Waals surface area contributed by atoms with Gasteiger partial charge in [-0.1, -0.05) is 77.5 Å². The summed E-state index contributed by atoms with van der Waals surface area (Å²) in [5, 5.41) is 14.1. The molecule has 0 saturated heterocycles. The third-order valence-corrected chi connectivity index (χ3v) is 5.36. The van der Waals surface area contributed by atoms with Crippen LogP contribution in [0.2, 0.25) is 0 Å². The Morgan fingerprint density at radius 2 is 1.69 bits per heavy atom. The zero-order valence-corrected chi connectivity index (χ0v) is 18.3. The minimum absolute atomic E-state index is 0.0169. The fraction of sp³-hybridized carbons (Fsp3) is 0.273. The molecule has 3 aromatic rings. The first kappa shape index (κ1) is 23.1. The van der Waals surface area contributed by atoms with E-state index in [1.54, 1.807) is 0 Å². The lowest BCUT2D eigenvalue weighted by atomic mass is 10.0. The fourth-order valence-electron chi connectivity index (χ4n) is 2.82. The van der Waals surface area contributed by atoms with Gasteiger partial charge >= 0.3 is 5.97 Å². The Balaban J connectivity index is 1.54. The van der Waals surface area contributed by atoms with Crippen molar-refractivity contribution < 1.29 is 19.1 Å². The van der Waals surface area contributed by atoms with Crippen LogP contribution >= 0.6 is 11.8 Å². The van der Waals surface area contributed by atoms with Crippen LogP contribution in [0, 0.1) is 5.92 Å². The maximum absolute atomic E-state index is 12.8. The first-order valence-electron chi connectivity index (χ1n) is 9.95. The van der Waals surface area contributed by atoms with Crippen molar-refractivity contribution in [3.8, 4) is 0 Å². The quantitative estimate of drug-likeness (QED) is 0.466. The number of aromatic nitrogens is 4. The van der Waals surface area contributed by atoms with Gasteiger partial charge in [0.1, 0.15) is 6.61 Å². The predicted octanol–water partition coefficient (Wildman–Crippen LogP) is 2.49. The van der Waals surface area contributed by atoms with Crippen LogP contribution in [0.4, 0.5) is 5.95 Å². The number of carbonyl (C=O) groups excluding carboxylic acids is 3. The predicted molar refractivity (Wildman–Crippen MR) is 119 cm³/mol. The van der Waals surface area contributed by atoms with Crippen molar-refractivity contribution in [2.24, 2.45) is 5.92 Å². The molecule has 1 unspecified atom stereocenters. The second-order valence-electron chi connectivity index (χ2n) is 6.97. The number of anilines is 1. The van der Waals surface area contributed by atoms with Crippen LogP contribution in [0.3, 0.4) is 0 Å². The standard InChI is InChI=1S/C22H23N5O4S/c1-16(28)32-15-19(12-17-8-4-2-5-9-17)21(30)23-22-24-26-27(25-22)13-20(29)31-14-18-10-6-3-7-11-18/h2-11,19H,12-15H2,1H3,(H,23,25,30). The summed E-state index contributed by atoms with van der Waals surface area (Å²) in [5.41, 5.74) is 1.85. The minimum Gasteiger partial charge on any atom is -0.459 e. The SMILES string of the molecule is CC(=O)SCC(Cc1ccccc1)C(=O)Nc1nnn(CC(=O)OCc2ccccc2)n1. The maximum atomic E-state index is 12.8. The van der Waals surface area contributed by atoms with Gasteiger partial charge in [0.15, 0.2) is 11.7 Å². The van der Waals surface area contributed by atoms with Gasteiger partial charge in [-0.15, -0.1) is 5.10 Å². The maximum Gasteiger partial charge on any atom is 0.330 e. The number of nitrogens with one attached hydrogen (secondary N) is 1. The van der Waals surface area contributed by atoms with Crippen molar-refractivity contribution in [1.29, 1.82) is 0 Å². The molecule has 1 aromatic heterocycles. The van der Waals surface area contributed by atoms with E-state index in [1.165, 1.54) is 6.92 Å². The summed E-state index contributed by atoms with van der Waals surface area (Å²) in [5.74, 6) is -1.00. The molecule has 32 heavy (non-hydrogen) atoms. The molecule has 0 aliphatic heterocycles. The van der Waals surface area contributed by atoms with Crippen molar-refractivity contribution in [3.63, 3.8) is 0 Å². The Hall–Kier alpha value is -3.53. The summed E-state index contributed by atoms with van der Waals surface area (Å²) in [7, 11) is 0. The topological polar surface area (TPSA) is 116 Å². The third kappa shape index (κ3) is 7.62. The van der Waals surface area contributed by atoms with Gasteiger partial charge in [0, 0.05) is 12.7 Å². The minimum atomic E-state index is -0.524. The van der Waals surface area contributed by atoms with Crippen LogP contribution in [0.15, 0.2) is 60.7 Å². The van der Waals surface area contributed by atoms with E-state index in [1.807, 2.05) is 60.7 Å². The van der Waals surface area contributed by atoms with Crippen molar-refractivity contribution in [2.75, 3.05) is 11.1 Å². The first-order valence-corrected chi connectivity index (χ1v) is 10.9. The number of esters is 1. The number of carbonyl (C=O) groups is 3. The Bertz CT molecular complexity index is 1040. The second-order valence-corrected chi connectivity index (χ2v) is 8.17. The molecular weight excluding hydrogens is 430 g/mol. The van der Waals surface area contributed by atoms with Crippen LogP contribution in [-0.4, -0.2) is 43.0 Å². The van der Waals surface area contributed by atoms with Crippen LogP contribution in [0.5, 0.6) is 0 Å². The average Bonchev–Trinajstić information content (AvgIpc) is 3.23. The first-order chi connectivity index (χ1) is 15.5. The molecule has 0 bridgehead atoms. The lowest BCUT2D eigenvalue weighted by Crippen LogP contribution is -2.27. The number of hydrogen-bond donors (Lipinski definition) is 1. The fourth-order valence-corrected chi connectivity index (χ4v) is 3.52. The van der Waals surface area contributed by atoms with Gasteiger partial charge in [0.05, 0.1) is 5.92 Å². The molecule has 0 aliphatic carbocycles. The van der Waals surface area contributed by atoms with Crippen LogP contribution in [0.25, 0.3) is 0 Å². The number of amides is 1. The zero-order chi connectivity index (χ0) is 22.8.